The van der Waals surface area contributed by atoms with Crippen LogP contribution in [-0.2, 0) is 6.61 Å². The highest BCUT2D eigenvalue weighted by atomic mass is 32.2. The van der Waals surface area contributed by atoms with Crippen molar-refractivity contribution in [3.63, 3.8) is 0 Å². The van der Waals surface area contributed by atoms with Crippen molar-refractivity contribution in [3.05, 3.63) is 112 Å². The van der Waals surface area contributed by atoms with Gasteiger partial charge in [-0.05, 0) is 66.4 Å². The highest BCUT2D eigenvalue weighted by Crippen LogP contribution is 2.20. The Hall–Kier alpha value is -3.91. The molecule has 0 spiro atoms. The summed E-state index contributed by atoms with van der Waals surface area (Å²) in [6.45, 7) is 0.111. The molecular weight excluding hydrogens is 441 g/mol. The average molecular weight is 462 g/mol. The van der Waals surface area contributed by atoms with Gasteiger partial charge in [0.2, 0.25) is 5.88 Å². The van der Waals surface area contributed by atoms with Crippen molar-refractivity contribution >= 4 is 23.4 Å². The number of thioether (sulfide) groups is 1. The van der Waals surface area contributed by atoms with E-state index in [9.17, 15) is 14.0 Å². The maximum Gasteiger partial charge on any atom is 0.271 e. The third-order valence-corrected chi connectivity index (χ3v) is 5.48. The molecule has 4 aromatic rings. The van der Waals surface area contributed by atoms with Crippen LogP contribution in [0.2, 0.25) is 0 Å². The van der Waals surface area contributed by atoms with E-state index in [1.54, 1.807) is 48.2 Å². The first-order chi connectivity index (χ1) is 16.0. The molecule has 1 heterocycles. The minimum Gasteiger partial charge on any atom is -0.472 e. The zero-order valence-electron chi connectivity index (χ0n) is 17.7. The molecular formula is C25H20FN3O3S. The normalized spacial score (nSPS) is 10.6. The smallest absolute Gasteiger partial charge is 0.271 e. The first-order valence-electron chi connectivity index (χ1n) is 10.1. The number of benzene rings is 3. The van der Waals surface area contributed by atoms with Crippen LogP contribution < -0.4 is 15.6 Å². The minimum absolute atomic E-state index is 0.111. The summed E-state index contributed by atoms with van der Waals surface area (Å²) in [7, 11) is 0. The molecule has 0 unspecified atom stereocenters. The van der Waals surface area contributed by atoms with Gasteiger partial charge < -0.3 is 10.1 Å². The van der Waals surface area contributed by atoms with Crippen molar-refractivity contribution in [2.45, 2.75) is 11.5 Å². The third kappa shape index (κ3) is 5.67. The summed E-state index contributed by atoms with van der Waals surface area (Å²) in [6.07, 6.45) is 1.97. The summed E-state index contributed by atoms with van der Waals surface area (Å²) >= 11 is 1.59. The van der Waals surface area contributed by atoms with Crippen molar-refractivity contribution in [1.82, 2.24) is 9.78 Å². The lowest BCUT2D eigenvalue weighted by Gasteiger charge is -2.10. The predicted molar refractivity (Wildman–Crippen MR) is 127 cm³/mol. The van der Waals surface area contributed by atoms with Crippen LogP contribution >= 0.6 is 11.8 Å². The number of hydrogen-bond donors (Lipinski definition) is 1. The zero-order chi connectivity index (χ0) is 23.2. The lowest BCUT2D eigenvalue weighted by molar-refractivity contribution is 0.102. The van der Waals surface area contributed by atoms with E-state index in [2.05, 4.69) is 10.4 Å². The van der Waals surface area contributed by atoms with E-state index in [1.165, 1.54) is 28.9 Å². The van der Waals surface area contributed by atoms with Crippen LogP contribution in [0.15, 0.2) is 94.6 Å². The number of ether oxygens (including phenoxy) is 1. The lowest BCUT2D eigenvalue weighted by atomic mass is 10.2. The van der Waals surface area contributed by atoms with Crippen molar-refractivity contribution < 1.29 is 13.9 Å². The number of rotatable bonds is 7. The summed E-state index contributed by atoms with van der Waals surface area (Å²) in [5.74, 6) is -0.392. The second-order valence-corrected chi connectivity index (χ2v) is 7.95. The molecule has 0 aliphatic rings. The van der Waals surface area contributed by atoms with Crippen molar-refractivity contribution in [3.8, 4) is 11.6 Å². The Balaban J connectivity index is 1.48. The van der Waals surface area contributed by atoms with E-state index in [0.29, 0.717) is 22.5 Å². The number of carbonyl (C=O) groups is 1. The van der Waals surface area contributed by atoms with Crippen LogP contribution in [0.25, 0.3) is 5.69 Å². The average Bonchev–Trinajstić information content (AvgIpc) is 2.84. The topological polar surface area (TPSA) is 73.2 Å². The number of amides is 1. The molecule has 33 heavy (non-hydrogen) atoms. The fraction of sp³-hybridized carbons (Fsp3) is 0.0800. The number of nitrogens with zero attached hydrogens (tertiary/aromatic N) is 2. The van der Waals surface area contributed by atoms with Gasteiger partial charge in [0.15, 0.2) is 0 Å². The highest BCUT2D eigenvalue weighted by molar-refractivity contribution is 7.98. The molecule has 0 bridgehead atoms. The predicted octanol–water partition coefficient (Wildman–Crippen LogP) is 4.92. The maximum absolute atomic E-state index is 13.3. The van der Waals surface area contributed by atoms with Gasteiger partial charge in [0.25, 0.3) is 11.5 Å². The monoisotopic (exact) mass is 461 g/mol. The van der Waals surface area contributed by atoms with Crippen molar-refractivity contribution in [2.24, 2.45) is 0 Å². The Kier molecular flexibility index (Phi) is 6.85. The summed E-state index contributed by atoms with van der Waals surface area (Å²) in [5.41, 5.74) is 1.93. The fourth-order valence-corrected chi connectivity index (χ4v) is 3.56. The van der Waals surface area contributed by atoms with Crippen LogP contribution in [0.3, 0.4) is 0 Å². The molecule has 0 saturated heterocycles. The standard InChI is InChI=1S/C25H20FN3O3S/c1-33-22-7-3-6-20(15-22)27-25(31)18-8-10-21(11-9-18)29-24(30)13-12-23(28-29)32-16-17-4-2-5-19(26)14-17/h2-15H,16H2,1H3,(H,27,31). The number of aromatic nitrogens is 2. The Labute approximate surface area is 194 Å². The second-order valence-electron chi connectivity index (χ2n) is 7.07. The number of carbonyl (C=O) groups excluding carboxylic acids is 1. The van der Waals surface area contributed by atoms with Gasteiger partial charge in [-0.2, -0.15) is 4.68 Å². The quantitative estimate of drug-likeness (QED) is 0.395. The van der Waals surface area contributed by atoms with Crippen LogP contribution in [0.4, 0.5) is 10.1 Å². The molecule has 0 radical (unpaired) electrons. The van der Waals surface area contributed by atoms with Gasteiger partial charge in [0, 0.05) is 28.3 Å². The highest BCUT2D eigenvalue weighted by Gasteiger charge is 2.09. The summed E-state index contributed by atoms with van der Waals surface area (Å²) in [5, 5.41) is 7.09. The molecule has 8 heteroatoms. The first-order valence-corrected chi connectivity index (χ1v) is 11.3. The molecule has 1 amide bonds. The first kappa shape index (κ1) is 22.3. The van der Waals surface area contributed by atoms with Crippen LogP contribution in [0.5, 0.6) is 5.88 Å². The Morgan fingerprint density at radius 3 is 2.58 bits per heavy atom. The molecule has 0 atom stereocenters. The van der Waals surface area contributed by atoms with Gasteiger partial charge >= 0.3 is 0 Å². The number of halogens is 1. The number of anilines is 1. The molecule has 1 N–H and O–H groups in total. The van der Waals surface area contributed by atoms with Crippen molar-refractivity contribution in [1.29, 1.82) is 0 Å². The van der Waals surface area contributed by atoms with E-state index in [1.807, 2.05) is 30.5 Å². The van der Waals surface area contributed by atoms with E-state index < -0.39 is 0 Å². The van der Waals surface area contributed by atoms with E-state index in [4.69, 9.17) is 4.74 Å². The van der Waals surface area contributed by atoms with E-state index in [0.717, 1.165) is 4.90 Å². The van der Waals surface area contributed by atoms with Crippen LogP contribution in [0, 0.1) is 5.82 Å². The van der Waals surface area contributed by atoms with Gasteiger partial charge in [0.05, 0.1) is 5.69 Å². The van der Waals surface area contributed by atoms with Gasteiger partial charge in [-0.1, -0.05) is 18.2 Å². The van der Waals surface area contributed by atoms with Gasteiger partial charge in [0.1, 0.15) is 12.4 Å². The third-order valence-electron chi connectivity index (χ3n) is 4.75. The van der Waals surface area contributed by atoms with Crippen LogP contribution in [-0.4, -0.2) is 21.9 Å². The molecule has 0 aliphatic heterocycles. The van der Waals surface area contributed by atoms with Gasteiger partial charge in [-0.25, -0.2) is 4.39 Å². The summed E-state index contributed by atoms with van der Waals surface area (Å²) in [6, 6.07) is 23.0. The Bertz CT molecular complexity index is 1340. The maximum atomic E-state index is 13.3. The molecule has 3 aromatic carbocycles. The molecule has 0 fully saturated rings. The SMILES string of the molecule is CSc1cccc(NC(=O)c2ccc(-n3nc(OCc4cccc(F)c4)ccc3=O)cc2)c1. The second kappa shape index (κ2) is 10.1. The Morgan fingerprint density at radius 2 is 1.82 bits per heavy atom. The van der Waals surface area contributed by atoms with E-state index >= 15 is 0 Å². The van der Waals surface area contributed by atoms with Crippen molar-refractivity contribution in [2.75, 3.05) is 11.6 Å². The molecule has 0 aliphatic carbocycles. The summed E-state index contributed by atoms with van der Waals surface area (Å²) in [4.78, 5) is 26.0. The molecule has 4 rings (SSSR count). The molecule has 166 valence electrons. The largest absolute Gasteiger partial charge is 0.472 e. The number of hydrogen-bond acceptors (Lipinski definition) is 5. The lowest BCUT2D eigenvalue weighted by Crippen LogP contribution is -2.20. The fourth-order valence-electron chi connectivity index (χ4n) is 3.10. The van der Waals surface area contributed by atoms with Crippen LogP contribution in [0.1, 0.15) is 15.9 Å². The molecule has 1 aromatic heterocycles. The molecule has 6 nitrogen and oxygen atoms in total. The summed E-state index contributed by atoms with van der Waals surface area (Å²) < 4.78 is 20.1. The van der Waals surface area contributed by atoms with E-state index in [-0.39, 0.29) is 29.8 Å². The number of nitrogens with one attached hydrogen (secondary N) is 1. The zero-order valence-corrected chi connectivity index (χ0v) is 18.5. The van der Waals surface area contributed by atoms with Gasteiger partial charge in [-0.15, -0.1) is 16.9 Å². The van der Waals surface area contributed by atoms with Gasteiger partial charge in [-0.3, -0.25) is 9.59 Å². The molecule has 0 saturated carbocycles. The minimum atomic E-state index is -0.352. The Morgan fingerprint density at radius 1 is 1.03 bits per heavy atom.